The molecule has 0 saturated carbocycles. The predicted octanol–water partition coefficient (Wildman–Crippen LogP) is 1.49. The molecule has 0 spiro atoms. The fourth-order valence-electron chi connectivity index (χ4n) is 1.55. The highest BCUT2D eigenvalue weighted by Crippen LogP contribution is 2.23. The fraction of sp³-hybridized carbons (Fsp3) is 0.462. The van der Waals surface area contributed by atoms with Crippen molar-refractivity contribution in [3.05, 3.63) is 28.8 Å². The Labute approximate surface area is 102 Å². The normalized spacial score (nSPS) is 12.1. The van der Waals surface area contributed by atoms with E-state index in [1.807, 2.05) is 26.8 Å². The molecule has 0 heterocycles. The second kappa shape index (κ2) is 5.68. The van der Waals surface area contributed by atoms with Gasteiger partial charge in [0.25, 0.3) is 0 Å². The number of rotatable bonds is 4. The van der Waals surface area contributed by atoms with Gasteiger partial charge in [-0.15, -0.1) is 0 Å². The SMILES string of the molecule is COC(=O)C(N)COc1cc(C)cc(C)c1C. The fourth-order valence-corrected chi connectivity index (χ4v) is 1.55. The first-order chi connectivity index (χ1) is 7.95. The summed E-state index contributed by atoms with van der Waals surface area (Å²) in [6, 6.07) is 3.27. The van der Waals surface area contributed by atoms with E-state index in [0.29, 0.717) is 0 Å². The summed E-state index contributed by atoms with van der Waals surface area (Å²) in [4.78, 5) is 11.1. The van der Waals surface area contributed by atoms with Crippen molar-refractivity contribution in [1.29, 1.82) is 0 Å². The molecule has 0 bridgehead atoms. The maximum atomic E-state index is 11.1. The van der Waals surface area contributed by atoms with Gasteiger partial charge in [-0.2, -0.15) is 0 Å². The van der Waals surface area contributed by atoms with E-state index in [0.717, 1.165) is 22.4 Å². The number of aryl methyl sites for hydroxylation is 2. The van der Waals surface area contributed by atoms with Crippen molar-refractivity contribution in [3.63, 3.8) is 0 Å². The van der Waals surface area contributed by atoms with Crippen molar-refractivity contribution in [2.45, 2.75) is 26.8 Å². The molecule has 2 N–H and O–H groups in total. The molecule has 0 fully saturated rings. The van der Waals surface area contributed by atoms with Crippen LogP contribution in [0.1, 0.15) is 16.7 Å². The van der Waals surface area contributed by atoms with Crippen molar-refractivity contribution in [1.82, 2.24) is 0 Å². The van der Waals surface area contributed by atoms with Crippen molar-refractivity contribution >= 4 is 5.97 Å². The number of hydrogen-bond donors (Lipinski definition) is 1. The molecule has 17 heavy (non-hydrogen) atoms. The van der Waals surface area contributed by atoms with E-state index in [9.17, 15) is 4.79 Å². The molecule has 1 unspecified atom stereocenters. The maximum Gasteiger partial charge on any atom is 0.326 e. The number of nitrogens with two attached hydrogens (primary N) is 1. The number of methoxy groups -OCH3 is 1. The molecule has 0 amide bonds. The molecule has 0 aliphatic rings. The third-order valence-electron chi connectivity index (χ3n) is 2.69. The number of esters is 1. The number of carbonyl (C=O) groups is 1. The van der Waals surface area contributed by atoms with Crippen LogP contribution in [0, 0.1) is 20.8 Å². The van der Waals surface area contributed by atoms with Crippen LogP contribution in [0.25, 0.3) is 0 Å². The van der Waals surface area contributed by atoms with Gasteiger partial charge in [-0.05, 0) is 43.5 Å². The Kier molecular flexibility index (Phi) is 4.52. The predicted molar refractivity (Wildman–Crippen MR) is 66.1 cm³/mol. The Bertz CT molecular complexity index is 415. The summed E-state index contributed by atoms with van der Waals surface area (Å²) in [6.07, 6.45) is 0. The molecule has 1 aromatic carbocycles. The summed E-state index contributed by atoms with van der Waals surface area (Å²) >= 11 is 0. The van der Waals surface area contributed by atoms with Gasteiger partial charge in [0.15, 0.2) is 0 Å². The average Bonchev–Trinajstić information content (AvgIpc) is 2.30. The highest BCUT2D eigenvalue weighted by Gasteiger charge is 2.15. The number of hydrogen-bond acceptors (Lipinski definition) is 4. The molecule has 4 heteroatoms. The first-order valence-corrected chi connectivity index (χ1v) is 5.49. The van der Waals surface area contributed by atoms with Crippen LogP contribution in [0.15, 0.2) is 12.1 Å². The molecular weight excluding hydrogens is 218 g/mol. The van der Waals surface area contributed by atoms with Crippen LogP contribution in [0.5, 0.6) is 5.75 Å². The lowest BCUT2D eigenvalue weighted by Gasteiger charge is -2.14. The second-order valence-corrected chi connectivity index (χ2v) is 4.15. The van der Waals surface area contributed by atoms with Gasteiger partial charge in [0.2, 0.25) is 0 Å². The van der Waals surface area contributed by atoms with Crippen LogP contribution < -0.4 is 10.5 Å². The molecule has 0 aliphatic carbocycles. The summed E-state index contributed by atoms with van der Waals surface area (Å²) in [5, 5.41) is 0. The smallest absolute Gasteiger partial charge is 0.326 e. The van der Waals surface area contributed by atoms with E-state index >= 15 is 0 Å². The monoisotopic (exact) mass is 237 g/mol. The summed E-state index contributed by atoms with van der Waals surface area (Å²) in [5.74, 6) is 0.300. The van der Waals surface area contributed by atoms with E-state index in [4.69, 9.17) is 10.5 Å². The lowest BCUT2D eigenvalue weighted by molar-refractivity contribution is -0.142. The zero-order valence-corrected chi connectivity index (χ0v) is 10.7. The van der Waals surface area contributed by atoms with E-state index in [1.54, 1.807) is 0 Å². The Morgan fingerprint density at radius 3 is 2.59 bits per heavy atom. The standard InChI is InChI=1S/C13H19NO3/c1-8-5-9(2)10(3)12(6-8)17-7-11(14)13(15)16-4/h5-6,11H,7,14H2,1-4H3. The summed E-state index contributed by atoms with van der Waals surface area (Å²) in [5.41, 5.74) is 8.94. The second-order valence-electron chi connectivity index (χ2n) is 4.15. The Morgan fingerprint density at radius 1 is 1.35 bits per heavy atom. The van der Waals surface area contributed by atoms with E-state index < -0.39 is 12.0 Å². The molecule has 1 atom stereocenters. The van der Waals surface area contributed by atoms with E-state index in [1.165, 1.54) is 7.11 Å². The summed E-state index contributed by atoms with van der Waals surface area (Å²) < 4.78 is 10.1. The Morgan fingerprint density at radius 2 is 2.00 bits per heavy atom. The topological polar surface area (TPSA) is 61.5 Å². The minimum absolute atomic E-state index is 0.121. The van der Waals surface area contributed by atoms with Gasteiger partial charge in [0, 0.05) is 0 Å². The molecular formula is C13H19NO3. The molecule has 4 nitrogen and oxygen atoms in total. The summed E-state index contributed by atoms with van der Waals surface area (Å²) in [7, 11) is 1.31. The highest BCUT2D eigenvalue weighted by molar-refractivity contribution is 5.75. The van der Waals surface area contributed by atoms with Crippen LogP contribution in [-0.4, -0.2) is 25.7 Å². The van der Waals surface area contributed by atoms with Gasteiger partial charge in [-0.1, -0.05) is 6.07 Å². The quantitative estimate of drug-likeness (QED) is 0.806. The zero-order valence-electron chi connectivity index (χ0n) is 10.7. The lowest BCUT2D eigenvalue weighted by Crippen LogP contribution is -2.37. The average molecular weight is 237 g/mol. The number of benzene rings is 1. The third kappa shape index (κ3) is 3.46. The minimum atomic E-state index is -0.750. The van der Waals surface area contributed by atoms with E-state index in [2.05, 4.69) is 10.8 Å². The Hall–Kier alpha value is -1.55. The molecule has 0 saturated heterocycles. The van der Waals surface area contributed by atoms with Gasteiger partial charge in [-0.25, -0.2) is 0 Å². The van der Waals surface area contributed by atoms with Crippen LogP contribution in [-0.2, 0) is 9.53 Å². The molecule has 0 aromatic heterocycles. The number of carbonyl (C=O) groups excluding carboxylic acids is 1. The van der Waals surface area contributed by atoms with Crippen molar-refractivity contribution in [2.75, 3.05) is 13.7 Å². The van der Waals surface area contributed by atoms with Crippen molar-refractivity contribution in [2.24, 2.45) is 5.73 Å². The van der Waals surface area contributed by atoms with Crippen molar-refractivity contribution < 1.29 is 14.3 Å². The van der Waals surface area contributed by atoms with Crippen LogP contribution >= 0.6 is 0 Å². The first-order valence-electron chi connectivity index (χ1n) is 5.49. The van der Waals surface area contributed by atoms with Gasteiger partial charge in [0.05, 0.1) is 7.11 Å². The molecule has 94 valence electrons. The van der Waals surface area contributed by atoms with Crippen LogP contribution in [0.2, 0.25) is 0 Å². The third-order valence-corrected chi connectivity index (χ3v) is 2.69. The van der Waals surface area contributed by atoms with Crippen LogP contribution in [0.3, 0.4) is 0 Å². The zero-order chi connectivity index (χ0) is 13.0. The number of ether oxygens (including phenoxy) is 2. The van der Waals surface area contributed by atoms with E-state index in [-0.39, 0.29) is 6.61 Å². The van der Waals surface area contributed by atoms with Gasteiger partial charge in [0.1, 0.15) is 18.4 Å². The maximum absolute atomic E-state index is 11.1. The minimum Gasteiger partial charge on any atom is -0.491 e. The van der Waals surface area contributed by atoms with Gasteiger partial charge < -0.3 is 15.2 Å². The highest BCUT2D eigenvalue weighted by atomic mass is 16.5. The lowest BCUT2D eigenvalue weighted by atomic mass is 10.1. The molecule has 0 radical (unpaired) electrons. The van der Waals surface area contributed by atoms with Crippen LogP contribution in [0.4, 0.5) is 0 Å². The molecule has 0 aliphatic heterocycles. The van der Waals surface area contributed by atoms with Gasteiger partial charge >= 0.3 is 5.97 Å². The molecule has 1 aromatic rings. The first kappa shape index (κ1) is 13.5. The summed E-state index contributed by atoms with van der Waals surface area (Å²) in [6.45, 7) is 6.12. The van der Waals surface area contributed by atoms with Crippen molar-refractivity contribution in [3.8, 4) is 5.75 Å². The van der Waals surface area contributed by atoms with Gasteiger partial charge in [-0.3, -0.25) is 4.79 Å². The largest absolute Gasteiger partial charge is 0.491 e. The molecule has 1 rings (SSSR count). The Balaban J connectivity index is 2.73.